The fourth-order valence-electron chi connectivity index (χ4n) is 14.5. The fraction of sp³-hybridized carbons (Fsp3) is 0.297. The van der Waals surface area contributed by atoms with Gasteiger partial charge in [0, 0.05) is 178 Å². The van der Waals surface area contributed by atoms with Crippen LogP contribution in [-0.2, 0) is 60.0 Å². The van der Waals surface area contributed by atoms with Crippen molar-refractivity contribution in [3.8, 4) is 17.2 Å². The standard InChI is InChI=1S/C38H43BrN12O6.C24H27BrN8O4.C22H25BrN6O8.C7H10N2O2/c1-6-50-28(15-21(3)46-50)35(54)44-37-42-26-18-23(33(40)52)17-25(39)31(26)48(37)11-8-9-12-49-32-27(19-24(34(41)53)20-30(32)57-14-10-13-56-5)43-38(49)45-36(55)29-16-22(4)47-51(29)7-2;1-36-7-4-8-37-18-12-14(22(27)35)11-17-20(18)33(24(29)31-17)6-3-2-5-32-19-15(25)9-13(21(26)34)10-16(19)30-23(32)28;1-36-7-4-8-37-18-12-14(22(25)31)11-17(29(34)35)20(18)27-6-3-2-5-26-19-15(23)9-13(21(24)30)10-16(19)28(32)33;1-3-9-6(7(10)11)4-5(2)8-9/h8-9,15-20H,6-7,10-14H2,1-5H3,(H2,40,52)(H2,41,53)(H,42,44,54)(H,43,45,55);2-3,9-12H,4-8H2,1H3,(H2,26,34)(H2,27,35)(H2,28,30)(H2,29,31);2-3,9-12,26-27H,4-8H2,1H3,(H2,24,30)(H2,25,31);4H,3H2,1-2H3,(H,10,11)/b9-8+;2*3-2+;. The first-order valence-corrected chi connectivity index (χ1v) is 46.0. The number of aromatic nitrogens is 14. The van der Waals surface area contributed by atoms with Crippen molar-refractivity contribution in [2.75, 3.05) is 107 Å². The Bertz CT molecular complexity index is 7050. The van der Waals surface area contributed by atoms with Gasteiger partial charge in [-0.15, -0.1) is 0 Å². The second kappa shape index (κ2) is 50.0. The van der Waals surface area contributed by atoms with Crippen LogP contribution in [-0.4, -0.2) is 210 Å². The van der Waals surface area contributed by atoms with Crippen LogP contribution in [0.1, 0.15) is 151 Å². The third kappa shape index (κ3) is 27.1. The van der Waals surface area contributed by atoms with Gasteiger partial charge in [0.1, 0.15) is 51.1 Å². The van der Waals surface area contributed by atoms with E-state index in [9.17, 15) is 63.4 Å². The maximum Gasteiger partial charge on any atom is 0.354 e. The summed E-state index contributed by atoms with van der Waals surface area (Å²) in [6.07, 6.45) is 12.5. The van der Waals surface area contributed by atoms with E-state index in [1.54, 1.807) is 142 Å². The summed E-state index contributed by atoms with van der Waals surface area (Å²) in [6, 6.07) is 22.4. The highest BCUT2D eigenvalue weighted by molar-refractivity contribution is 9.11. The molecule has 0 spiro atoms. The lowest BCUT2D eigenvalue weighted by Gasteiger charge is -2.14. The quantitative estimate of drug-likeness (QED) is 0.00730. The number of hydrogen-bond donors (Lipinski definition) is 13. The van der Waals surface area contributed by atoms with Crippen LogP contribution in [0.2, 0.25) is 0 Å². The minimum Gasteiger partial charge on any atom is -0.491 e. The molecule has 13 rings (SSSR count). The second-order valence-electron chi connectivity index (χ2n) is 30.9. The number of allylic oxidation sites excluding steroid dienone is 4. The number of aromatic carboxylic acids is 1. The average molecular weight is 2150 g/mol. The number of carbonyl (C=O) groups excluding carboxylic acids is 8. The molecule has 0 saturated carbocycles. The number of halogens is 3. The van der Waals surface area contributed by atoms with Crippen molar-refractivity contribution in [1.82, 2.24) is 67.5 Å². The lowest BCUT2D eigenvalue weighted by Crippen LogP contribution is -2.20. The van der Waals surface area contributed by atoms with Crippen LogP contribution in [0.15, 0.2) is 141 Å². The summed E-state index contributed by atoms with van der Waals surface area (Å²) in [5.41, 5.74) is 52.9. The van der Waals surface area contributed by atoms with Gasteiger partial charge in [-0.05, 0) is 168 Å². The monoisotopic (exact) mass is 2150 g/mol. The number of nitrogens with zero attached hydrogens (tertiary/aromatic N) is 16. The molecular formula is C91H105Br3N28O20. The van der Waals surface area contributed by atoms with Gasteiger partial charge in [-0.3, -0.25) is 83.3 Å². The Labute approximate surface area is 834 Å². The van der Waals surface area contributed by atoms with Crippen LogP contribution >= 0.6 is 47.8 Å². The first-order chi connectivity index (χ1) is 67.7. The SMILES string of the molecule is CCn1nc(C)cc1C(=O)Nc1nc2cc(C(N)=O)cc(Br)c2n1C/C=C/Cn1c(NC(=O)c2cc(C)nn2CC)nc2cc(C(N)=O)cc(OCCCOC)c21.CCn1nc(C)cc1C(=O)O.COCCCOc1cc(C(N)=O)cc([N+](=O)[O-])c1NC/C=C/CNc1c(Br)cc(C(N)=O)cc1[N+](=O)[O-].COCCCOc1cc(C(N)=O)cc2nc(N)n(C/C=C/Cn3c(N)nc4cc(C(N)=O)cc(Br)c43)c12. The molecule has 8 amide bonds. The molecular weight excluding hydrogens is 2040 g/mol. The van der Waals surface area contributed by atoms with Crippen LogP contribution in [0.25, 0.3) is 44.1 Å². The third-order valence-electron chi connectivity index (χ3n) is 21.0. The molecule has 0 fully saturated rings. The Kier molecular flexibility index (Phi) is 38.1. The van der Waals surface area contributed by atoms with Crippen molar-refractivity contribution in [1.29, 1.82) is 0 Å². The molecule has 6 aromatic carbocycles. The third-order valence-corrected chi connectivity index (χ3v) is 22.8. The largest absolute Gasteiger partial charge is 0.491 e. The van der Waals surface area contributed by atoms with Crippen LogP contribution in [0.5, 0.6) is 17.2 Å². The zero-order valence-corrected chi connectivity index (χ0v) is 83.2. The maximum absolute atomic E-state index is 13.7. The number of nitrogen functional groups attached to an aromatic ring is 2. The minimum atomic E-state index is -0.924. The number of amides is 8. The molecule has 7 aromatic heterocycles. The van der Waals surface area contributed by atoms with Gasteiger partial charge in [0.25, 0.3) is 23.2 Å². The number of ether oxygens (including phenoxy) is 6. The number of fused-ring (bicyclic) bond motifs is 4. The van der Waals surface area contributed by atoms with Crippen molar-refractivity contribution in [3.63, 3.8) is 0 Å². The first kappa shape index (κ1) is 108. The predicted octanol–water partition coefficient (Wildman–Crippen LogP) is 10.6. The van der Waals surface area contributed by atoms with E-state index in [0.717, 1.165) is 23.3 Å². The van der Waals surface area contributed by atoms with Crippen LogP contribution in [0.4, 0.5) is 46.5 Å². The Hall–Kier alpha value is -16.0. The summed E-state index contributed by atoms with van der Waals surface area (Å²) in [5.74, 6) is -4.00. The number of methoxy groups -OCH3 is 3. The zero-order chi connectivity index (χ0) is 104. The molecule has 0 saturated heterocycles. The number of carbonyl (C=O) groups is 9. The van der Waals surface area contributed by atoms with Crippen LogP contribution < -0.4 is 81.3 Å². The summed E-state index contributed by atoms with van der Waals surface area (Å²) < 4.78 is 46.2. The van der Waals surface area contributed by atoms with Crippen molar-refractivity contribution >= 4 is 192 Å². The number of rotatable bonds is 45. The molecule has 7 heterocycles. The van der Waals surface area contributed by atoms with E-state index in [1.165, 1.54) is 23.9 Å². The number of nitrogens with one attached hydrogen (secondary N) is 4. The Balaban J connectivity index is 0.000000214. The van der Waals surface area contributed by atoms with Crippen molar-refractivity contribution < 1.29 is 86.5 Å². The zero-order valence-electron chi connectivity index (χ0n) is 78.5. The molecule has 48 nitrogen and oxygen atoms in total. The van der Waals surface area contributed by atoms with Crippen molar-refractivity contribution in [2.24, 2.45) is 34.4 Å². The molecule has 51 heteroatoms. The lowest BCUT2D eigenvalue weighted by atomic mass is 10.1. The lowest BCUT2D eigenvalue weighted by molar-refractivity contribution is -0.384. The molecule has 0 bridgehead atoms. The van der Waals surface area contributed by atoms with Crippen LogP contribution in [0.3, 0.4) is 0 Å². The van der Waals surface area contributed by atoms with Gasteiger partial charge in [-0.1, -0.05) is 36.5 Å². The highest BCUT2D eigenvalue weighted by Gasteiger charge is 2.29. The topological polar surface area (TPSA) is 697 Å². The predicted molar refractivity (Wildman–Crippen MR) is 539 cm³/mol. The molecule has 750 valence electrons. The molecule has 0 aliphatic carbocycles. The number of imidazole rings is 4. The van der Waals surface area contributed by atoms with E-state index in [4.69, 9.17) is 84.4 Å². The number of primary amides is 6. The van der Waals surface area contributed by atoms with Crippen LogP contribution in [0, 0.1) is 41.0 Å². The van der Waals surface area contributed by atoms with Crippen molar-refractivity contribution in [2.45, 2.75) is 107 Å². The van der Waals surface area contributed by atoms with E-state index in [0.29, 0.717) is 172 Å². The Morgan fingerprint density at radius 2 is 0.697 bits per heavy atom. The number of aryl methyl sites for hydroxylation is 6. The van der Waals surface area contributed by atoms with Gasteiger partial charge in [-0.25, -0.2) is 24.7 Å². The Morgan fingerprint density at radius 3 is 1.08 bits per heavy atom. The summed E-state index contributed by atoms with van der Waals surface area (Å²) in [6.45, 7) is 16.3. The smallest absolute Gasteiger partial charge is 0.354 e. The summed E-state index contributed by atoms with van der Waals surface area (Å²) in [4.78, 5) is 148. The van der Waals surface area contributed by atoms with Gasteiger partial charge < -0.3 is 108 Å². The summed E-state index contributed by atoms with van der Waals surface area (Å²) >= 11 is 10.2. The van der Waals surface area contributed by atoms with Gasteiger partial charge in [0.2, 0.25) is 59.2 Å². The minimum absolute atomic E-state index is 0.0203. The average Bonchev–Trinajstić information content (AvgIpc) is 1.63. The second-order valence-corrected chi connectivity index (χ2v) is 33.5. The fourth-order valence-corrected chi connectivity index (χ4v) is 16.4. The molecule has 13 aromatic rings. The molecule has 142 heavy (non-hydrogen) atoms. The maximum atomic E-state index is 13.7. The molecule has 21 N–H and O–H groups in total. The van der Waals surface area contributed by atoms with E-state index in [-0.39, 0.29) is 118 Å². The van der Waals surface area contributed by atoms with E-state index in [2.05, 4.69) is 99.3 Å². The van der Waals surface area contributed by atoms with Gasteiger partial charge in [-0.2, -0.15) is 15.3 Å². The summed E-state index contributed by atoms with van der Waals surface area (Å²) in [7, 11) is 4.74. The number of benzene rings is 6. The number of nitrogens with two attached hydrogens (primary N) is 8. The number of nitro groups is 2. The number of nitro benzene ring substituents is 2. The van der Waals surface area contributed by atoms with E-state index in [1.807, 2.05) is 45.1 Å². The number of anilines is 6. The first-order valence-electron chi connectivity index (χ1n) is 43.6. The molecule has 0 unspecified atom stereocenters. The number of hydrogen-bond acceptors (Lipinski definition) is 30. The summed E-state index contributed by atoms with van der Waals surface area (Å²) in [5, 5.41) is 56.1. The van der Waals surface area contributed by atoms with Gasteiger partial charge >= 0.3 is 5.97 Å². The normalized spacial score (nSPS) is 11.2. The highest BCUT2D eigenvalue weighted by atomic mass is 79.9. The highest BCUT2D eigenvalue weighted by Crippen LogP contribution is 2.40. The van der Waals surface area contributed by atoms with E-state index < -0.39 is 68.8 Å². The molecule has 0 atom stereocenters. The number of carboxylic acids is 1. The van der Waals surface area contributed by atoms with Gasteiger partial charge in [0.15, 0.2) is 5.69 Å². The van der Waals surface area contributed by atoms with E-state index >= 15 is 0 Å². The number of carboxylic acid groups (broad SMARTS) is 1. The molecule has 0 aliphatic rings. The van der Waals surface area contributed by atoms with Crippen molar-refractivity contribution in [3.05, 3.63) is 229 Å². The van der Waals surface area contributed by atoms with Gasteiger partial charge in [0.05, 0.1) is 79.8 Å². The molecule has 0 aliphatic heterocycles. The molecule has 0 radical (unpaired) electrons. The Morgan fingerprint density at radius 1 is 0.394 bits per heavy atom.